The molecule has 0 spiro atoms. The second-order valence-electron chi connectivity index (χ2n) is 4.14. The Morgan fingerprint density at radius 3 is 2.50 bits per heavy atom. The number of methoxy groups -OCH3 is 1. The lowest BCUT2D eigenvalue weighted by Gasteiger charge is -2.17. The lowest BCUT2D eigenvalue weighted by Crippen LogP contribution is -2.17. The first-order valence-electron chi connectivity index (χ1n) is 4.50. The van der Waals surface area contributed by atoms with E-state index in [2.05, 4.69) is 9.97 Å². The largest absolute Gasteiger partial charge is 0.481 e. The molecule has 0 aliphatic carbocycles. The van der Waals surface area contributed by atoms with E-state index >= 15 is 0 Å². The standard InChI is InChI=1S/C10H16N2O2/c1-10(2,3)9-11-5-7(6-13)8(12-9)14-4/h5,13H,6H2,1-4H3. The molecule has 0 radical (unpaired) electrons. The summed E-state index contributed by atoms with van der Waals surface area (Å²) in [4.78, 5) is 8.42. The zero-order chi connectivity index (χ0) is 10.8. The third-order valence-corrected chi connectivity index (χ3v) is 1.86. The molecule has 1 aromatic rings. The van der Waals surface area contributed by atoms with Gasteiger partial charge in [0.1, 0.15) is 5.82 Å². The lowest BCUT2D eigenvalue weighted by molar-refractivity contribution is 0.269. The molecule has 0 atom stereocenters. The zero-order valence-corrected chi connectivity index (χ0v) is 9.03. The molecule has 0 saturated heterocycles. The topological polar surface area (TPSA) is 55.2 Å². The third-order valence-electron chi connectivity index (χ3n) is 1.86. The highest BCUT2D eigenvalue weighted by Crippen LogP contribution is 2.22. The highest BCUT2D eigenvalue weighted by atomic mass is 16.5. The van der Waals surface area contributed by atoms with Crippen molar-refractivity contribution < 1.29 is 9.84 Å². The molecule has 78 valence electrons. The lowest BCUT2D eigenvalue weighted by atomic mass is 9.96. The fraction of sp³-hybridized carbons (Fsp3) is 0.600. The Morgan fingerprint density at radius 2 is 2.07 bits per heavy atom. The third kappa shape index (κ3) is 2.20. The van der Waals surface area contributed by atoms with Gasteiger partial charge in [-0.2, -0.15) is 4.98 Å². The smallest absolute Gasteiger partial charge is 0.221 e. The van der Waals surface area contributed by atoms with E-state index in [9.17, 15) is 0 Å². The van der Waals surface area contributed by atoms with Gasteiger partial charge in [-0.25, -0.2) is 4.98 Å². The maximum absolute atomic E-state index is 8.98. The molecule has 0 aliphatic rings. The minimum atomic E-state index is -0.110. The minimum absolute atomic E-state index is 0.104. The van der Waals surface area contributed by atoms with Gasteiger partial charge in [0.25, 0.3) is 0 Å². The van der Waals surface area contributed by atoms with Gasteiger partial charge in [0.15, 0.2) is 0 Å². The van der Waals surface area contributed by atoms with E-state index in [1.54, 1.807) is 6.20 Å². The second-order valence-corrected chi connectivity index (χ2v) is 4.14. The predicted octanol–water partition coefficient (Wildman–Crippen LogP) is 1.27. The molecule has 1 N–H and O–H groups in total. The minimum Gasteiger partial charge on any atom is -0.481 e. The molecule has 4 nitrogen and oxygen atoms in total. The summed E-state index contributed by atoms with van der Waals surface area (Å²) in [7, 11) is 1.54. The Morgan fingerprint density at radius 1 is 1.43 bits per heavy atom. The van der Waals surface area contributed by atoms with Gasteiger partial charge < -0.3 is 9.84 Å². The summed E-state index contributed by atoms with van der Waals surface area (Å²) >= 11 is 0. The summed E-state index contributed by atoms with van der Waals surface area (Å²) in [5.41, 5.74) is 0.502. The number of hydrogen-bond donors (Lipinski definition) is 1. The number of aliphatic hydroxyl groups excluding tert-OH is 1. The fourth-order valence-electron chi connectivity index (χ4n) is 1.04. The SMILES string of the molecule is COc1nc(C(C)(C)C)ncc1CO. The van der Waals surface area contributed by atoms with Crippen LogP contribution < -0.4 is 4.74 Å². The summed E-state index contributed by atoms with van der Waals surface area (Å²) in [6.07, 6.45) is 1.60. The van der Waals surface area contributed by atoms with Crippen molar-refractivity contribution in [3.8, 4) is 5.88 Å². The van der Waals surface area contributed by atoms with E-state index in [0.717, 1.165) is 0 Å². The van der Waals surface area contributed by atoms with Gasteiger partial charge in [0.2, 0.25) is 5.88 Å². The number of ether oxygens (including phenoxy) is 1. The summed E-state index contributed by atoms with van der Waals surface area (Å²) in [6.45, 7) is 5.98. The van der Waals surface area contributed by atoms with Gasteiger partial charge in [-0.05, 0) is 0 Å². The van der Waals surface area contributed by atoms with Crippen LogP contribution in [0.3, 0.4) is 0 Å². The molecule has 1 aromatic heterocycles. The van der Waals surface area contributed by atoms with Crippen LogP contribution in [-0.4, -0.2) is 22.2 Å². The van der Waals surface area contributed by atoms with Gasteiger partial charge in [0.05, 0.1) is 19.3 Å². The van der Waals surface area contributed by atoms with E-state index in [1.165, 1.54) is 7.11 Å². The van der Waals surface area contributed by atoms with Crippen LogP contribution in [0.5, 0.6) is 5.88 Å². The van der Waals surface area contributed by atoms with Crippen LogP contribution in [-0.2, 0) is 12.0 Å². The monoisotopic (exact) mass is 196 g/mol. The molecule has 1 heterocycles. The molecule has 0 fully saturated rings. The van der Waals surface area contributed by atoms with Gasteiger partial charge in [-0.3, -0.25) is 0 Å². The van der Waals surface area contributed by atoms with Crippen molar-refractivity contribution in [3.05, 3.63) is 17.6 Å². The predicted molar refractivity (Wildman–Crippen MR) is 53.2 cm³/mol. The van der Waals surface area contributed by atoms with E-state index < -0.39 is 0 Å². The van der Waals surface area contributed by atoms with E-state index in [1.807, 2.05) is 20.8 Å². The molecular formula is C10H16N2O2. The Labute approximate surface area is 84.0 Å². The van der Waals surface area contributed by atoms with Crippen molar-refractivity contribution in [3.63, 3.8) is 0 Å². The summed E-state index contributed by atoms with van der Waals surface area (Å²) in [5.74, 6) is 1.17. The molecule has 0 amide bonds. The van der Waals surface area contributed by atoms with Gasteiger partial charge in [-0.1, -0.05) is 20.8 Å². The quantitative estimate of drug-likeness (QED) is 0.774. The van der Waals surface area contributed by atoms with Crippen molar-refractivity contribution in [1.82, 2.24) is 9.97 Å². The molecule has 0 aromatic carbocycles. The number of aliphatic hydroxyl groups is 1. The Balaban J connectivity index is 3.14. The van der Waals surface area contributed by atoms with Crippen molar-refractivity contribution in [1.29, 1.82) is 0 Å². The zero-order valence-electron chi connectivity index (χ0n) is 9.03. The molecule has 0 aliphatic heterocycles. The van der Waals surface area contributed by atoms with E-state index in [4.69, 9.17) is 9.84 Å². The van der Waals surface area contributed by atoms with Crippen LogP contribution in [0.2, 0.25) is 0 Å². The van der Waals surface area contributed by atoms with Crippen LogP contribution >= 0.6 is 0 Å². The average Bonchev–Trinajstić information content (AvgIpc) is 2.15. The van der Waals surface area contributed by atoms with Crippen LogP contribution in [0.25, 0.3) is 0 Å². The summed E-state index contributed by atoms with van der Waals surface area (Å²) in [5, 5.41) is 8.98. The highest BCUT2D eigenvalue weighted by Gasteiger charge is 2.19. The molecular weight excluding hydrogens is 180 g/mol. The second kappa shape index (κ2) is 3.92. The maximum atomic E-state index is 8.98. The fourth-order valence-corrected chi connectivity index (χ4v) is 1.04. The van der Waals surface area contributed by atoms with Crippen LogP contribution in [0.15, 0.2) is 6.20 Å². The molecule has 0 saturated carbocycles. The van der Waals surface area contributed by atoms with E-state index in [0.29, 0.717) is 17.3 Å². The average molecular weight is 196 g/mol. The molecule has 0 bridgehead atoms. The Bertz CT molecular complexity index is 318. The molecule has 0 unspecified atom stereocenters. The summed E-state index contributed by atoms with van der Waals surface area (Å²) < 4.78 is 5.06. The van der Waals surface area contributed by atoms with Gasteiger partial charge in [-0.15, -0.1) is 0 Å². The number of hydrogen-bond acceptors (Lipinski definition) is 4. The number of nitrogens with zero attached hydrogens (tertiary/aromatic N) is 2. The number of rotatable bonds is 2. The first kappa shape index (κ1) is 10.9. The van der Waals surface area contributed by atoms with Crippen molar-refractivity contribution in [2.24, 2.45) is 0 Å². The normalized spacial score (nSPS) is 11.5. The van der Waals surface area contributed by atoms with Crippen molar-refractivity contribution >= 4 is 0 Å². The van der Waals surface area contributed by atoms with Crippen LogP contribution in [0.4, 0.5) is 0 Å². The van der Waals surface area contributed by atoms with Crippen molar-refractivity contribution in [2.45, 2.75) is 32.8 Å². The molecule has 4 heteroatoms. The maximum Gasteiger partial charge on any atom is 0.221 e. The Kier molecular flexibility index (Phi) is 3.06. The van der Waals surface area contributed by atoms with Crippen LogP contribution in [0, 0.1) is 0 Å². The summed E-state index contributed by atoms with van der Waals surface area (Å²) in [6, 6.07) is 0. The van der Waals surface area contributed by atoms with Gasteiger partial charge in [0, 0.05) is 11.6 Å². The van der Waals surface area contributed by atoms with Crippen LogP contribution in [0.1, 0.15) is 32.2 Å². The Hall–Kier alpha value is -1.16. The van der Waals surface area contributed by atoms with Gasteiger partial charge >= 0.3 is 0 Å². The number of aromatic nitrogens is 2. The highest BCUT2D eigenvalue weighted by molar-refractivity contribution is 5.24. The van der Waals surface area contributed by atoms with Crippen molar-refractivity contribution in [2.75, 3.05) is 7.11 Å². The molecule has 1 rings (SSSR count). The van der Waals surface area contributed by atoms with E-state index in [-0.39, 0.29) is 12.0 Å². The molecule has 14 heavy (non-hydrogen) atoms. The first-order valence-corrected chi connectivity index (χ1v) is 4.50. The first-order chi connectivity index (χ1) is 6.49.